The Morgan fingerprint density at radius 2 is 0.868 bits per heavy atom. The zero-order chi connectivity index (χ0) is 25.0. The van der Waals surface area contributed by atoms with Gasteiger partial charge in [-0.3, -0.25) is 0 Å². The van der Waals surface area contributed by atoms with Gasteiger partial charge in [0, 0.05) is 75.5 Å². The molecule has 0 aromatic heterocycles. The van der Waals surface area contributed by atoms with Gasteiger partial charge in [0.2, 0.25) is 0 Å². The lowest BCUT2D eigenvalue weighted by atomic mass is 9.71. The van der Waals surface area contributed by atoms with Crippen LogP contribution in [0, 0.1) is 0 Å². The summed E-state index contributed by atoms with van der Waals surface area (Å²) in [5.41, 5.74) is 3.68. The summed E-state index contributed by atoms with van der Waals surface area (Å²) in [6.07, 6.45) is 7.70. The highest BCUT2D eigenvalue weighted by atomic mass is 127. The van der Waals surface area contributed by atoms with Gasteiger partial charge in [0.15, 0.2) is 0 Å². The highest BCUT2D eigenvalue weighted by molar-refractivity contribution is 5.27. The summed E-state index contributed by atoms with van der Waals surface area (Å²) < 4.78 is 2.46. The van der Waals surface area contributed by atoms with Gasteiger partial charge in [0.1, 0.15) is 0 Å². The molecule has 38 heavy (non-hydrogen) atoms. The van der Waals surface area contributed by atoms with Crippen LogP contribution in [0.15, 0.2) is 60.7 Å². The first-order chi connectivity index (χ1) is 17.5. The number of hydrogen-bond donors (Lipinski definition) is 2. The molecule has 0 spiro atoms. The third-order valence-electron chi connectivity index (χ3n) is 10.3. The van der Waals surface area contributed by atoms with E-state index in [0.29, 0.717) is 10.8 Å². The minimum atomic E-state index is 0. The molecule has 6 aliphatic heterocycles. The second kappa shape index (κ2) is 14.1. The Morgan fingerprint density at radius 3 is 1.21 bits per heavy atom. The van der Waals surface area contributed by atoms with E-state index in [1.54, 1.807) is 11.1 Å². The average molecular weight is 745 g/mol. The van der Waals surface area contributed by atoms with E-state index in [2.05, 4.69) is 85.4 Å². The Bertz CT molecular complexity index is 872. The maximum atomic E-state index is 3.95. The minimum absolute atomic E-state index is 0. The van der Waals surface area contributed by atoms with Crippen molar-refractivity contribution < 1.29 is 56.9 Å². The molecule has 4 nitrogen and oxygen atoms in total. The summed E-state index contributed by atoms with van der Waals surface area (Å²) in [5, 5.41) is 7.90. The number of nitrogens with zero attached hydrogens (tertiary/aromatic N) is 2. The van der Waals surface area contributed by atoms with Crippen molar-refractivity contribution in [2.75, 3.05) is 79.5 Å². The molecule has 6 saturated heterocycles. The second-order valence-corrected chi connectivity index (χ2v) is 12.9. The number of rotatable bonds is 2. The second-order valence-electron chi connectivity index (χ2n) is 12.9. The predicted molar refractivity (Wildman–Crippen MR) is 151 cm³/mol. The molecule has 8 rings (SSSR count). The van der Waals surface area contributed by atoms with Crippen LogP contribution < -0.4 is 58.6 Å². The smallest absolute Gasteiger partial charge is 0.0796 e. The fourth-order valence-corrected chi connectivity index (χ4v) is 7.40. The topological polar surface area (TPSA) is 24.1 Å². The van der Waals surface area contributed by atoms with E-state index < -0.39 is 0 Å². The molecule has 6 heteroatoms. The Kier molecular flexibility index (Phi) is 11.9. The van der Waals surface area contributed by atoms with Crippen molar-refractivity contribution in [1.29, 1.82) is 0 Å². The van der Waals surface area contributed by atoms with Gasteiger partial charge in [-0.05, 0) is 11.1 Å². The van der Waals surface area contributed by atoms with Crippen molar-refractivity contribution in [3.8, 4) is 0 Å². The molecule has 0 amide bonds. The monoisotopic (exact) mass is 744 g/mol. The van der Waals surface area contributed by atoms with E-state index in [4.69, 9.17) is 0 Å². The van der Waals surface area contributed by atoms with Gasteiger partial charge in [-0.15, -0.1) is 0 Å². The summed E-state index contributed by atoms with van der Waals surface area (Å²) in [4.78, 5) is 0. The fraction of sp³-hybridized carbons (Fsp3) is 0.625. The molecule has 6 heterocycles. The van der Waals surface area contributed by atoms with Crippen molar-refractivity contribution in [2.45, 2.75) is 49.4 Å². The number of nitrogens with one attached hydrogen (secondary N) is 2. The molecule has 0 unspecified atom stereocenters. The van der Waals surface area contributed by atoms with Crippen LogP contribution in [0.1, 0.15) is 49.7 Å². The summed E-state index contributed by atoms with van der Waals surface area (Å²) in [7, 11) is 5.01. The maximum Gasteiger partial charge on any atom is 0.0796 e. The average Bonchev–Trinajstić information content (AvgIpc) is 2.92. The summed E-state index contributed by atoms with van der Waals surface area (Å²) in [6.45, 7) is 12.3. The highest BCUT2D eigenvalue weighted by Gasteiger charge is 2.43. The van der Waals surface area contributed by atoms with Crippen LogP contribution in [-0.2, 0) is 10.8 Å². The van der Waals surface area contributed by atoms with E-state index >= 15 is 0 Å². The van der Waals surface area contributed by atoms with Crippen LogP contribution >= 0.6 is 0 Å². The molecule has 0 aliphatic carbocycles. The van der Waals surface area contributed by atoms with E-state index in [1.165, 1.54) is 86.8 Å². The van der Waals surface area contributed by atoms with Gasteiger partial charge in [-0.25, -0.2) is 0 Å². The van der Waals surface area contributed by atoms with Crippen molar-refractivity contribution in [1.82, 2.24) is 10.6 Å². The first-order valence-electron chi connectivity index (χ1n) is 14.6. The number of piperidine rings is 2. The molecule has 0 atom stereocenters. The van der Waals surface area contributed by atoms with Gasteiger partial charge in [-0.1, -0.05) is 60.7 Å². The van der Waals surface area contributed by atoms with Crippen molar-refractivity contribution in [2.24, 2.45) is 0 Å². The van der Waals surface area contributed by atoms with Gasteiger partial charge in [-0.2, -0.15) is 0 Å². The lowest BCUT2D eigenvalue weighted by molar-refractivity contribution is -0.916. The zero-order valence-corrected chi connectivity index (χ0v) is 28.1. The highest BCUT2D eigenvalue weighted by Crippen LogP contribution is 2.38. The molecule has 4 bridgehead atoms. The molecule has 212 valence electrons. The number of hydrogen-bond acceptors (Lipinski definition) is 2. The summed E-state index contributed by atoms with van der Waals surface area (Å²) in [5.74, 6) is 0. The normalized spacial score (nSPS) is 34.8. The van der Waals surface area contributed by atoms with Crippen LogP contribution in [0.5, 0.6) is 0 Å². The lowest BCUT2D eigenvalue weighted by Gasteiger charge is -2.48. The van der Waals surface area contributed by atoms with Crippen LogP contribution in [-0.4, -0.2) is 88.5 Å². The third-order valence-corrected chi connectivity index (χ3v) is 10.3. The minimum Gasteiger partial charge on any atom is -1.00 e. The SMILES string of the molecule is C[N+]12CCCNCC3(c4ccccc4)CC[N+](C)(CCCNCC(c4ccccc4)(CC1)CC2)CC3.[I-].[I-]. The standard InChI is InChI=1S/C32H50N4.2HI/c1-35-21-9-19-33-28-32(30-13-7-4-8-14-30)17-25-36(2,26-18-32)22-10-20-34-27-31(15-23-35,16-24-35)29-11-5-3-6-12-29;;/h3-8,11-14,33-34H,9-10,15-28H2,1-2H3;2*1H/q+2;;/p-2. The number of quaternary nitrogens is 2. The van der Waals surface area contributed by atoms with E-state index in [0.717, 1.165) is 26.2 Å². The maximum absolute atomic E-state index is 3.95. The van der Waals surface area contributed by atoms with Gasteiger partial charge in [0.05, 0.1) is 53.4 Å². The molecule has 2 aromatic carbocycles. The quantitative estimate of drug-likeness (QED) is 0.284. The van der Waals surface area contributed by atoms with E-state index in [9.17, 15) is 0 Å². The van der Waals surface area contributed by atoms with Crippen molar-refractivity contribution in [3.05, 3.63) is 71.8 Å². The van der Waals surface area contributed by atoms with Gasteiger partial charge in [0.25, 0.3) is 0 Å². The predicted octanol–water partition coefficient (Wildman–Crippen LogP) is -1.68. The van der Waals surface area contributed by atoms with Crippen LogP contribution in [0.3, 0.4) is 0 Å². The van der Waals surface area contributed by atoms with E-state index in [1.807, 2.05) is 0 Å². The molecule has 2 N–H and O–H groups in total. The Labute approximate surface area is 266 Å². The van der Waals surface area contributed by atoms with Crippen LogP contribution in [0.4, 0.5) is 0 Å². The molecular weight excluding hydrogens is 694 g/mol. The molecule has 6 aliphatic rings. The molecule has 2 aromatic rings. The van der Waals surface area contributed by atoms with Gasteiger partial charge >= 0.3 is 0 Å². The Balaban J connectivity index is 0.00000200. The fourth-order valence-electron chi connectivity index (χ4n) is 7.40. The molecule has 0 radical (unpaired) electrons. The van der Waals surface area contributed by atoms with Crippen molar-refractivity contribution in [3.63, 3.8) is 0 Å². The Hall–Kier alpha value is -0.260. The molecular formula is C32H50I2N4. The van der Waals surface area contributed by atoms with Crippen LogP contribution in [0.25, 0.3) is 0 Å². The lowest BCUT2D eigenvalue weighted by Crippen LogP contribution is -3.00. The summed E-state index contributed by atoms with van der Waals surface area (Å²) >= 11 is 0. The van der Waals surface area contributed by atoms with Gasteiger partial charge < -0.3 is 67.6 Å². The zero-order valence-electron chi connectivity index (χ0n) is 23.7. The van der Waals surface area contributed by atoms with Crippen molar-refractivity contribution >= 4 is 0 Å². The number of benzene rings is 2. The van der Waals surface area contributed by atoms with E-state index in [-0.39, 0.29) is 48.0 Å². The first kappa shape index (κ1) is 32.3. The number of halogens is 2. The Morgan fingerprint density at radius 1 is 0.526 bits per heavy atom. The third kappa shape index (κ3) is 7.52. The van der Waals surface area contributed by atoms with Crippen LogP contribution in [0.2, 0.25) is 0 Å². The summed E-state index contributed by atoms with van der Waals surface area (Å²) in [6, 6.07) is 22.8. The molecule has 6 fully saturated rings. The largest absolute Gasteiger partial charge is 1.00 e. The first-order valence-corrected chi connectivity index (χ1v) is 14.6. The molecule has 0 saturated carbocycles.